The first-order valence-electron chi connectivity index (χ1n) is 2.99. The number of nitrogens with two attached hydrogens (primary N) is 3. The van der Waals surface area contributed by atoms with E-state index in [1.54, 1.807) is 0 Å². The van der Waals surface area contributed by atoms with Crippen LogP contribution in [0.1, 0.15) is 0 Å². The smallest absolute Gasteiger partial charge is 0.368 e. The standard InChI is InChI=1S/C3H6N6.B.H3O4P/c4-1-7-2(5)9-3(6)8-1;;1-5(2,3)4/h(H6,4,5,6,7,8,9);;(H3,1,2,3,4). The molecule has 0 spiro atoms. The van der Waals surface area contributed by atoms with Crippen molar-refractivity contribution in [2.75, 3.05) is 17.2 Å². The van der Waals surface area contributed by atoms with Gasteiger partial charge in [0.15, 0.2) is 0 Å². The largest absolute Gasteiger partial charge is 0.466 e. The molecular weight excluding hydrogens is 226 g/mol. The molecule has 0 amide bonds. The molecule has 0 fully saturated rings. The summed E-state index contributed by atoms with van der Waals surface area (Å²) in [5.74, 6) is 0.125. The van der Waals surface area contributed by atoms with Crippen LogP contribution in [0, 0.1) is 0 Å². The number of nitrogens with zero attached hydrogens (tertiary/aromatic N) is 3. The number of rotatable bonds is 0. The van der Waals surface area contributed by atoms with E-state index in [4.69, 9.17) is 36.4 Å². The summed E-state index contributed by atoms with van der Waals surface area (Å²) >= 11 is 0. The van der Waals surface area contributed by atoms with Crippen molar-refractivity contribution in [3.63, 3.8) is 0 Å². The van der Waals surface area contributed by atoms with Crippen molar-refractivity contribution in [1.29, 1.82) is 0 Å². The number of nitrogen functional groups attached to an aromatic ring is 3. The molecule has 0 aliphatic heterocycles. The van der Waals surface area contributed by atoms with Gasteiger partial charge in [-0.3, -0.25) is 0 Å². The summed E-state index contributed by atoms with van der Waals surface area (Å²) in [5.41, 5.74) is 15.4. The molecule has 0 aromatic carbocycles. The average molecular weight is 235 g/mol. The van der Waals surface area contributed by atoms with Crippen molar-refractivity contribution < 1.29 is 19.2 Å². The third-order valence-corrected chi connectivity index (χ3v) is 0.687. The van der Waals surface area contributed by atoms with E-state index in [0.717, 1.165) is 0 Å². The second-order valence-corrected chi connectivity index (χ2v) is 2.95. The highest BCUT2D eigenvalue weighted by Crippen LogP contribution is 2.25. The summed E-state index contributed by atoms with van der Waals surface area (Å²) in [6.45, 7) is 0. The Morgan fingerprint density at radius 3 is 1.13 bits per heavy atom. The molecule has 0 aliphatic carbocycles. The van der Waals surface area contributed by atoms with E-state index < -0.39 is 7.82 Å². The van der Waals surface area contributed by atoms with Gasteiger partial charge in [-0.1, -0.05) is 0 Å². The maximum absolute atomic E-state index is 8.88. The minimum atomic E-state index is -4.64. The zero-order valence-corrected chi connectivity index (χ0v) is 8.24. The number of aromatic nitrogens is 3. The van der Waals surface area contributed by atoms with Crippen molar-refractivity contribution >= 4 is 34.1 Å². The van der Waals surface area contributed by atoms with Gasteiger partial charge in [0.2, 0.25) is 17.8 Å². The molecule has 0 aliphatic rings. The predicted molar refractivity (Wildman–Crippen MR) is 53.1 cm³/mol. The summed E-state index contributed by atoms with van der Waals surface area (Å²) in [6, 6.07) is 0. The number of hydrogen-bond donors (Lipinski definition) is 6. The summed E-state index contributed by atoms with van der Waals surface area (Å²) in [4.78, 5) is 32.0. The van der Waals surface area contributed by atoms with Crippen LogP contribution >= 0.6 is 7.82 Å². The fraction of sp³-hybridized carbons (Fsp3) is 0. The molecule has 0 saturated heterocycles. The van der Waals surface area contributed by atoms with Crippen molar-refractivity contribution in [3.8, 4) is 0 Å². The second-order valence-electron chi connectivity index (χ2n) is 1.92. The third kappa shape index (κ3) is 12.6. The highest BCUT2D eigenvalue weighted by Gasteiger charge is 2.00. The first-order chi connectivity index (χ1) is 6.18. The van der Waals surface area contributed by atoms with Crippen LogP contribution in [0.4, 0.5) is 17.8 Å². The quantitative estimate of drug-likeness (QED) is 0.203. The third-order valence-electron chi connectivity index (χ3n) is 0.687. The van der Waals surface area contributed by atoms with E-state index in [-0.39, 0.29) is 26.3 Å². The minimum absolute atomic E-state index is 0. The van der Waals surface area contributed by atoms with Crippen molar-refractivity contribution in [2.45, 2.75) is 0 Å². The van der Waals surface area contributed by atoms with E-state index in [9.17, 15) is 0 Å². The van der Waals surface area contributed by atoms with Crippen LogP contribution in [0.25, 0.3) is 0 Å². The molecule has 83 valence electrons. The van der Waals surface area contributed by atoms with Crippen LogP contribution in [0.15, 0.2) is 0 Å². The Morgan fingerprint density at radius 2 is 1.00 bits per heavy atom. The van der Waals surface area contributed by atoms with Gasteiger partial charge >= 0.3 is 7.82 Å². The molecule has 10 nitrogen and oxygen atoms in total. The molecule has 3 radical (unpaired) electrons. The highest BCUT2D eigenvalue weighted by atomic mass is 31.2. The van der Waals surface area contributed by atoms with Gasteiger partial charge in [0.05, 0.1) is 0 Å². The van der Waals surface area contributed by atoms with E-state index in [0.29, 0.717) is 0 Å². The molecule has 1 rings (SSSR count). The summed E-state index contributed by atoms with van der Waals surface area (Å²) in [7, 11) is -4.64. The average Bonchev–Trinajstić information content (AvgIpc) is 1.77. The van der Waals surface area contributed by atoms with Crippen LogP contribution in [0.5, 0.6) is 0 Å². The Labute approximate surface area is 86.4 Å². The van der Waals surface area contributed by atoms with Gasteiger partial charge in [-0.2, -0.15) is 15.0 Å². The van der Waals surface area contributed by atoms with Crippen LogP contribution in [0.2, 0.25) is 0 Å². The molecule has 0 bridgehead atoms. The van der Waals surface area contributed by atoms with Crippen LogP contribution in [-0.2, 0) is 4.57 Å². The van der Waals surface area contributed by atoms with Crippen LogP contribution < -0.4 is 17.2 Å². The molecule has 15 heavy (non-hydrogen) atoms. The molecule has 9 N–H and O–H groups in total. The zero-order chi connectivity index (χ0) is 11.4. The lowest BCUT2D eigenvalue weighted by Gasteiger charge is -1.93. The highest BCUT2D eigenvalue weighted by molar-refractivity contribution is 7.45. The summed E-state index contributed by atoms with van der Waals surface area (Å²) in [5, 5.41) is 0. The molecule has 1 heterocycles. The van der Waals surface area contributed by atoms with Crippen molar-refractivity contribution in [3.05, 3.63) is 0 Å². The molecular formula is C3H9BN6O4P. The van der Waals surface area contributed by atoms with Crippen molar-refractivity contribution in [2.24, 2.45) is 0 Å². The van der Waals surface area contributed by atoms with Crippen LogP contribution in [-0.4, -0.2) is 38.0 Å². The zero-order valence-electron chi connectivity index (χ0n) is 7.35. The van der Waals surface area contributed by atoms with E-state index in [2.05, 4.69) is 15.0 Å². The normalized spacial score (nSPS) is 9.53. The first kappa shape index (κ1) is 16.0. The Bertz CT molecular complexity index is 297. The maximum atomic E-state index is 8.88. The van der Waals surface area contributed by atoms with E-state index >= 15 is 0 Å². The Hall–Kier alpha value is -1.42. The van der Waals surface area contributed by atoms with Gasteiger partial charge in [-0.15, -0.1) is 0 Å². The molecule has 1 aromatic heterocycles. The lowest BCUT2D eigenvalue weighted by Crippen LogP contribution is -2.05. The minimum Gasteiger partial charge on any atom is -0.368 e. The molecule has 0 atom stereocenters. The first-order valence-corrected chi connectivity index (χ1v) is 4.56. The fourth-order valence-electron chi connectivity index (χ4n) is 0.427. The summed E-state index contributed by atoms with van der Waals surface area (Å²) in [6.07, 6.45) is 0. The molecule has 0 saturated carbocycles. The monoisotopic (exact) mass is 235 g/mol. The molecule has 0 unspecified atom stereocenters. The Balaban J connectivity index is 0. The SMILES string of the molecule is Nc1nc(N)nc(N)n1.O=P(O)(O)O.[B]. The van der Waals surface area contributed by atoms with Gasteiger partial charge in [0.25, 0.3) is 0 Å². The number of anilines is 3. The number of hydrogen-bond acceptors (Lipinski definition) is 7. The van der Waals surface area contributed by atoms with Gasteiger partial charge in [0, 0.05) is 8.41 Å². The lowest BCUT2D eigenvalue weighted by atomic mass is 10.8. The van der Waals surface area contributed by atoms with Crippen molar-refractivity contribution in [1.82, 2.24) is 15.0 Å². The fourth-order valence-corrected chi connectivity index (χ4v) is 0.427. The Kier molecular flexibility index (Phi) is 6.56. The van der Waals surface area contributed by atoms with Gasteiger partial charge in [0.1, 0.15) is 0 Å². The molecule has 1 aromatic rings. The lowest BCUT2D eigenvalue weighted by molar-refractivity contribution is 0.275. The van der Waals surface area contributed by atoms with Gasteiger partial charge in [-0.25, -0.2) is 4.57 Å². The topological polar surface area (TPSA) is 194 Å². The van der Waals surface area contributed by atoms with E-state index in [1.807, 2.05) is 0 Å². The number of phosphoric acid groups is 1. The van der Waals surface area contributed by atoms with Crippen LogP contribution in [0.3, 0.4) is 0 Å². The van der Waals surface area contributed by atoms with E-state index in [1.165, 1.54) is 0 Å². The summed E-state index contributed by atoms with van der Waals surface area (Å²) < 4.78 is 8.88. The Morgan fingerprint density at radius 1 is 0.867 bits per heavy atom. The maximum Gasteiger partial charge on any atom is 0.466 e. The van der Waals surface area contributed by atoms with Gasteiger partial charge in [-0.05, 0) is 0 Å². The molecule has 12 heteroatoms. The van der Waals surface area contributed by atoms with Gasteiger partial charge < -0.3 is 31.9 Å². The second kappa shape index (κ2) is 6.14. The predicted octanol–water partition coefficient (Wildman–Crippen LogP) is -2.69.